The summed E-state index contributed by atoms with van der Waals surface area (Å²) in [5, 5.41) is 0.979. The van der Waals surface area contributed by atoms with Crippen molar-refractivity contribution in [1.29, 1.82) is 0 Å². The summed E-state index contributed by atoms with van der Waals surface area (Å²) in [6, 6.07) is 8.45. The molecule has 0 amide bonds. The van der Waals surface area contributed by atoms with Crippen LogP contribution < -0.4 is 0 Å². The molecule has 1 unspecified atom stereocenters. The van der Waals surface area contributed by atoms with Gasteiger partial charge in [-0.3, -0.25) is 0 Å². The van der Waals surface area contributed by atoms with Crippen molar-refractivity contribution in [3.63, 3.8) is 0 Å². The molecule has 1 aromatic rings. The minimum absolute atomic E-state index is 0.535. The van der Waals surface area contributed by atoms with Crippen molar-refractivity contribution in [2.45, 2.75) is 12.3 Å². The molecule has 0 saturated carbocycles. The van der Waals surface area contributed by atoms with E-state index in [9.17, 15) is 0 Å². The summed E-state index contributed by atoms with van der Waals surface area (Å²) in [5.74, 6) is 0.535. The van der Waals surface area contributed by atoms with Gasteiger partial charge >= 0.3 is 0 Å². The summed E-state index contributed by atoms with van der Waals surface area (Å²) in [6.45, 7) is 0.808. The van der Waals surface area contributed by atoms with E-state index in [1.165, 1.54) is 5.56 Å². The van der Waals surface area contributed by atoms with Gasteiger partial charge in [-0.1, -0.05) is 44.0 Å². The number of alkyl halides is 1. The zero-order valence-electron chi connectivity index (χ0n) is 8.17. The molecule has 0 N–H and O–H groups in total. The fourth-order valence-electron chi connectivity index (χ4n) is 1.35. The van der Waals surface area contributed by atoms with Crippen LogP contribution in [-0.2, 0) is 4.74 Å². The molecule has 1 nitrogen and oxygen atoms in total. The normalized spacial score (nSPS) is 12.8. The molecule has 0 fully saturated rings. The van der Waals surface area contributed by atoms with Crippen molar-refractivity contribution >= 4 is 31.9 Å². The number of ether oxygens (including phenoxy) is 1. The van der Waals surface area contributed by atoms with Gasteiger partial charge in [-0.15, -0.1) is 0 Å². The number of halogens is 2. The molecule has 1 aromatic carbocycles. The molecule has 0 saturated heterocycles. The van der Waals surface area contributed by atoms with E-state index in [0.29, 0.717) is 5.92 Å². The molecule has 14 heavy (non-hydrogen) atoms. The van der Waals surface area contributed by atoms with Crippen molar-refractivity contribution < 1.29 is 4.74 Å². The van der Waals surface area contributed by atoms with E-state index in [4.69, 9.17) is 4.74 Å². The van der Waals surface area contributed by atoms with Crippen molar-refractivity contribution in [1.82, 2.24) is 0 Å². The third-order valence-corrected chi connectivity index (χ3v) is 3.45. The first-order valence-electron chi connectivity index (χ1n) is 4.58. The predicted molar refractivity (Wildman–Crippen MR) is 67.2 cm³/mol. The highest BCUT2D eigenvalue weighted by molar-refractivity contribution is 9.10. The van der Waals surface area contributed by atoms with Crippen LogP contribution in [0, 0.1) is 0 Å². The Labute approximate surface area is 102 Å². The lowest BCUT2D eigenvalue weighted by atomic mass is 9.98. The van der Waals surface area contributed by atoms with Gasteiger partial charge in [0.2, 0.25) is 0 Å². The molecular weight excluding hydrogens is 308 g/mol. The fourth-order valence-corrected chi connectivity index (χ4v) is 2.47. The van der Waals surface area contributed by atoms with Crippen molar-refractivity contribution in [2.75, 3.05) is 19.0 Å². The van der Waals surface area contributed by atoms with Gasteiger partial charge in [0.1, 0.15) is 0 Å². The summed E-state index contributed by atoms with van der Waals surface area (Å²) < 4.78 is 6.23. The molecule has 0 radical (unpaired) electrons. The van der Waals surface area contributed by atoms with E-state index in [1.54, 1.807) is 7.11 Å². The fraction of sp³-hybridized carbons (Fsp3) is 0.455. The predicted octanol–water partition coefficient (Wildman–Crippen LogP) is 3.96. The zero-order valence-corrected chi connectivity index (χ0v) is 11.3. The van der Waals surface area contributed by atoms with Crippen LogP contribution in [0.25, 0.3) is 0 Å². The monoisotopic (exact) mass is 320 g/mol. The van der Waals surface area contributed by atoms with E-state index < -0.39 is 0 Å². The number of hydrogen-bond donors (Lipinski definition) is 0. The lowest BCUT2D eigenvalue weighted by molar-refractivity contribution is 0.190. The molecule has 0 bridgehead atoms. The summed E-state index contributed by atoms with van der Waals surface area (Å²) in [5.41, 5.74) is 1.35. The van der Waals surface area contributed by atoms with Gasteiger partial charge in [-0.2, -0.15) is 0 Å². The lowest BCUT2D eigenvalue weighted by Crippen LogP contribution is -2.04. The molecule has 0 spiro atoms. The van der Waals surface area contributed by atoms with Gasteiger partial charge in [-0.25, -0.2) is 0 Å². The summed E-state index contributed by atoms with van der Waals surface area (Å²) in [7, 11) is 1.74. The van der Waals surface area contributed by atoms with Gasteiger partial charge in [0.15, 0.2) is 0 Å². The summed E-state index contributed by atoms with van der Waals surface area (Å²) in [4.78, 5) is 0. The van der Waals surface area contributed by atoms with Crippen molar-refractivity contribution in [3.05, 3.63) is 34.3 Å². The first-order chi connectivity index (χ1) is 6.77. The quantitative estimate of drug-likeness (QED) is 0.746. The SMILES string of the molecule is COCCC(CBr)c1cccc(Br)c1. The molecule has 3 heteroatoms. The Balaban J connectivity index is 2.68. The van der Waals surface area contributed by atoms with Crippen LogP contribution in [-0.4, -0.2) is 19.0 Å². The molecule has 1 atom stereocenters. The Bertz CT molecular complexity index is 276. The molecule has 0 aliphatic carbocycles. The van der Waals surface area contributed by atoms with Crippen LogP contribution in [0.5, 0.6) is 0 Å². The van der Waals surface area contributed by atoms with E-state index >= 15 is 0 Å². The van der Waals surface area contributed by atoms with Crippen LogP contribution >= 0.6 is 31.9 Å². The van der Waals surface area contributed by atoms with Crippen LogP contribution in [0.3, 0.4) is 0 Å². The maximum absolute atomic E-state index is 5.09. The van der Waals surface area contributed by atoms with Crippen LogP contribution in [0.15, 0.2) is 28.7 Å². The van der Waals surface area contributed by atoms with E-state index in [-0.39, 0.29) is 0 Å². The molecule has 0 aliphatic heterocycles. The second-order valence-corrected chi connectivity index (χ2v) is 4.75. The van der Waals surface area contributed by atoms with Crippen molar-refractivity contribution in [2.24, 2.45) is 0 Å². The summed E-state index contributed by atoms with van der Waals surface area (Å²) in [6.07, 6.45) is 1.05. The Kier molecular flexibility index (Phi) is 5.75. The average molecular weight is 322 g/mol. The molecule has 0 aromatic heterocycles. The van der Waals surface area contributed by atoms with Gasteiger partial charge in [0, 0.05) is 23.5 Å². The first-order valence-corrected chi connectivity index (χ1v) is 6.49. The average Bonchev–Trinajstić information content (AvgIpc) is 2.19. The highest BCUT2D eigenvalue weighted by Crippen LogP contribution is 2.24. The minimum atomic E-state index is 0.535. The Morgan fingerprint density at radius 2 is 2.21 bits per heavy atom. The third kappa shape index (κ3) is 3.71. The van der Waals surface area contributed by atoms with Crippen LogP contribution in [0.4, 0.5) is 0 Å². The van der Waals surface area contributed by atoms with Crippen LogP contribution in [0.2, 0.25) is 0 Å². The molecule has 78 valence electrons. The number of benzene rings is 1. The zero-order chi connectivity index (χ0) is 10.4. The second-order valence-electron chi connectivity index (χ2n) is 3.19. The van der Waals surface area contributed by atoms with Gasteiger partial charge < -0.3 is 4.74 Å². The van der Waals surface area contributed by atoms with Gasteiger partial charge in [0.25, 0.3) is 0 Å². The topological polar surface area (TPSA) is 9.23 Å². The van der Waals surface area contributed by atoms with E-state index in [2.05, 4.69) is 50.1 Å². The third-order valence-electron chi connectivity index (χ3n) is 2.18. The van der Waals surface area contributed by atoms with Gasteiger partial charge in [-0.05, 0) is 30.0 Å². The minimum Gasteiger partial charge on any atom is -0.385 e. The summed E-state index contributed by atoms with van der Waals surface area (Å²) >= 11 is 7.02. The highest BCUT2D eigenvalue weighted by Gasteiger charge is 2.09. The maximum Gasteiger partial charge on any atom is 0.0468 e. The largest absolute Gasteiger partial charge is 0.385 e. The maximum atomic E-state index is 5.09. The lowest BCUT2D eigenvalue weighted by Gasteiger charge is -2.14. The van der Waals surface area contributed by atoms with Gasteiger partial charge in [0.05, 0.1) is 0 Å². The van der Waals surface area contributed by atoms with E-state index in [0.717, 1.165) is 22.8 Å². The molecule has 0 heterocycles. The Morgan fingerprint density at radius 1 is 1.43 bits per heavy atom. The molecule has 1 rings (SSSR count). The Morgan fingerprint density at radius 3 is 2.79 bits per heavy atom. The van der Waals surface area contributed by atoms with E-state index in [1.807, 2.05) is 6.07 Å². The standard InChI is InChI=1S/C11H14Br2O/c1-14-6-5-10(8-12)9-3-2-4-11(13)7-9/h2-4,7,10H,5-6,8H2,1H3. The molecular formula is C11H14Br2O. The van der Waals surface area contributed by atoms with Crippen LogP contribution in [0.1, 0.15) is 17.9 Å². The number of rotatable bonds is 5. The van der Waals surface area contributed by atoms with Crippen molar-refractivity contribution in [3.8, 4) is 0 Å². The number of hydrogen-bond acceptors (Lipinski definition) is 1. The number of methoxy groups -OCH3 is 1. The first kappa shape index (κ1) is 12.2. The smallest absolute Gasteiger partial charge is 0.0468 e. The Hall–Kier alpha value is 0.140. The second kappa shape index (κ2) is 6.59. The highest BCUT2D eigenvalue weighted by atomic mass is 79.9. The molecule has 0 aliphatic rings.